The van der Waals surface area contributed by atoms with E-state index in [1.165, 1.54) is 16.7 Å². The molecule has 6 rings (SSSR count). The van der Waals surface area contributed by atoms with Crippen molar-refractivity contribution >= 4 is 5.57 Å². The first-order valence-corrected chi connectivity index (χ1v) is 12.0. The van der Waals surface area contributed by atoms with Crippen molar-refractivity contribution in [2.24, 2.45) is 0 Å². The number of ether oxygens (including phenoxy) is 2. The number of fused-ring (bicyclic) bond motifs is 1. The molecule has 4 aromatic rings. The lowest BCUT2D eigenvalue weighted by atomic mass is 9.76. The van der Waals surface area contributed by atoms with Gasteiger partial charge in [0, 0.05) is 12.6 Å². The van der Waals surface area contributed by atoms with Crippen LogP contribution in [0.5, 0.6) is 11.5 Å². The van der Waals surface area contributed by atoms with Crippen LogP contribution in [0.2, 0.25) is 0 Å². The van der Waals surface area contributed by atoms with E-state index in [2.05, 4.69) is 102 Å². The molecule has 0 aliphatic carbocycles. The predicted molar refractivity (Wildman–Crippen MR) is 137 cm³/mol. The Morgan fingerprint density at radius 2 is 1.31 bits per heavy atom. The van der Waals surface area contributed by atoms with Gasteiger partial charge in [-0.2, -0.15) is 0 Å². The van der Waals surface area contributed by atoms with E-state index in [4.69, 9.17) is 9.47 Å². The fourth-order valence-corrected chi connectivity index (χ4v) is 5.43. The van der Waals surface area contributed by atoms with Gasteiger partial charge in [0.1, 0.15) is 0 Å². The first kappa shape index (κ1) is 21.7. The third-order valence-electron chi connectivity index (χ3n) is 6.99. The van der Waals surface area contributed by atoms with Crippen LogP contribution in [0.4, 0.5) is 0 Å². The molecule has 174 valence electrons. The highest BCUT2D eigenvalue weighted by Crippen LogP contribution is 2.51. The van der Waals surface area contributed by atoms with Crippen molar-refractivity contribution in [3.8, 4) is 11.5 Å². The quantitative estimate of drug-likeness (QED) is 0.293. The maximum Gasteiger partial charge on any atom is 0.231 e. The molecule has 4 nitrogen and oxygen atoms in total. The Kier molecular flexibility index (Phi) is 5.61. The van der Waals surface area contributed by atoms with E-state index < -0.39 is 5.54 Å². The minimum Gasteiger partial charge on any atom is -0.454 e. The molecule has 0 aromatic heterocycles. The molecule has 4 aromatic carbocycles. The standard InChI is InChI=1S/C31H27NO3/c33-19-18-27(23-16-17-29-30(20-23)35-22-34-29)28-21-32(28)31(24-10-4-1-5-11-24,25-12-6-2-7-13-25)26-14-8-3-9-15-26/h1-18,20,28,33H,19,21-22H2/b27-18+/t28-,32?/m0/s1. The third kappa shape index (κ3) is 3.72. The minimum absolute atomic E-state index is 0.0247. The van der Waals surface area contributed by atoms with Crippen LogP contribution >= 0.6 is 0 Å². The molecule has 4 heteroatoms. The zero-order valence-corrected chi connectivity index (χ0v) is 19.4. The largest absolute Gasteiger partial charge is 0.454 e. The minimum atomic E-state index is -0.473. The van der Waals surface area contributed by atoms with Crippen LogP contribution in [0, 0.1) is 0 Å². The molecule has 0 saturated carbocycles. The zero-order valence-electron chi connectivity index (χ0n) is 19.4. The SMILES string of the molecule is OC/C=C(\c1ccc2c(c1)OCO2)[C@@H]1CN1C(c1ccccc1)(c1ccccc1)c1ccccc1. The maximum absolute atomic E-state index is 9.96. The Hall–Kier alpha value is -3.86. The Balaban J connectivity index is 1.51. The molecule has 2 heterocycles. The van der Waals surface area contributed by atoms with Gasteiger partial charge in [0.25, 0.3) is 0 Å². The predicted octanol–water partition coefficient (Wildman–Crippen LogP) is 5.47. The number of rotatable bonds is 7. The normalized spacial score (nSPS) is 18.9. The van der Waals surface area contributed by atoms with Gasteiger partial charge in [-0.3, -0.25) is 4.90 Å². The number of nitrogens with zero attached hydrogens (tertiary/aromatic N) is 1. The van der Waals surface area contributed by atoms with E-state index in [-0.39, 0.29) is 19.4 Å². The number of benzene rings is 4. The molecular formula is C31H27NO3. The summed E-state index contributed by atoms with van der Waals surface area (Å²) in [6, 6.07) is 38.3. The summed E-state index contributed by atoms with van der Waals surface area (Å²) in [6.07, 6.45) is 1.92. The van der Waals surface area contributed by atoms with Gasteiger partial charge >= 0.3 is 0 Å². The lowest BCUT2D eigenvalue weighted by molar-refractivity contribution is 0.174. The van der Waals surface area contributed by atoms with Crippen molar-refractivity contribution < 1.29 is 14.6 Å². The monoisotopic (exact) mass is 461 g/mol. The lowest BCUT2D eigenvalue weighted by Gasteiger charge is -2.38. The first-order chi connectivity index (χ1) is 17.3. The Labute approximate surface area is 205 Å². The second-order valence-corrected chi connectivity index (χ2v) is 8.89. The third-order valence-corrected chi connectivity index (χ3v) is 6.99. The highest BCUT2D eigenvalue weighted by atomic mass is 16.7. The topological polar surface area (TPSA) is 41.7 Å². The van der Waals surface area contributed by atoms with Gasteiger partial charge in [0.2, 0.25) is 6.79 Å². The van der Waals surface area contributed by atoms with Crippen LogP contribution in [-0.4, -0.2) is 36.0 Å². The summed E-state index contributed by atoms with van der Waals surface area (Å²) in [5.41, 5.74) is 5.31. The average molecular weight is 462 g/mol. The van der Waals surface area contributed by atoms with Crippen LogP contribution in [0.25, 0.3) is 5.57 Å². The second kappa shape index (κ2) is 9.06. The smallest absolute Gasteiger partial charge is 0.231 e. The van der Waals surface area contributed by atoms with Gasteiger partial charge in [0.05, 0.1) is 12.1 Å². The van der Waals surface area contributed by atoms with Crippen molar-refractivity contribution in [2.45, 2.75) is 11.6 Å². The van der Waals surface area contributed by atoms with E-state index in [9.17, 15) is 5.11 Å². The summed E-state index contributed by atoms with van der Waals surface area (Å²) in [5, 5.41) is 9.96. The van der Waals surface area contributed by atoms with Crippen LogP contribution in [0.3, 0.4) is 0 Å². The molecular weight excluding hydrogens is 434 g/mol. The lowest BCUT2D eigenvalue weighted by Crippen LogP contribution is -2.39. The van der Waals surface area contributed by atoms with E-state index in [0.29, 0.717) is 0 Å². The fraction of sp³-hybridized carbons (Fsp3) is 0.161. The molecule has 2 aliphatic rings. The van der Waals surface area contributed by atoms with Gasteiger partial charge in [-0.25, -0.2) is 0 Å². The summed E-state index contributed by atoms with van der Waals surface area (Å²) in [7, 11) is 0. The van der Waals surface area contributed by atoms with Crippen LogP contribution in [0.1, 0.15) is 22.3 Å². The molecule has 0 radical (unpaired) electrons. The molecule has 1 N–H and O–H groups in total. The highest BCUT2D eigenvalue weighted by Gasteiger charge is 2.54. The summed E-state index contributed by atoms with van der Waals surface area (Å²) in [4.78, 5) is 2.53. The molecule has 35 heavy (non-hydrogen) atoms. The van der Waals surface area contributed by atoms with E-state index >= 15 is 0 Å². The maximum atomic E-state index is 9.96. The van der Waals surface area contributed by atoms with Gasteiger partial charge < -0.3 is 14.6 Å². The molecule has 0 bridgehead atoms. The molecule has 1 saturated heterocycles. The summed E-state index contributed by atoms with van der Waals surface area (Å²) in [6.45, 7) is 1.08. The van der Waals surface area contributed by atoms with Crippen LogP contribution in [0.15, 0.2) is 115 Å². The Morgan fingerprint density at radius 3 is 1.86 bits per heavy atom. The van der Waals surface area contributed by atoms with Crippen molar-refractivity contribution in [3.63, 3.8) is 0 Å². The summed E-state index contributed by atoms with van der Waals surface area (Å²) < 4.78 is 11.2. The first-order valence-electron chi connectivity index (χ1n) is 12.0. The molecule has 2 atom stereocenters. The zero-order chi connectivity index (χ0) is 23.7. The van der Waals surface area contributed by atoms with Crippen molar-refractivity contribution in [1.82, 2.24) is 4.90 Å². The van der Waals surface area contributed by atoms with E-state index in [0.717, 1.165) is 29.2 Å². The Bertz CT molecular complexity index is 1240. The fourth-order valence-electron chi connectivity index (χ4n) is 5.43. The molecule has 2 aliphatic heterocycles. The summed E-state index contributed by atoms with van der Waals surface area (Å²) >= 11 is 0. The molecule has 0 spiro atoms. The number of hydrogen-bond acceptors (Lipinski definition) is 4. The van der Waals surface area contributed by atoms with Gasteiger partial charge in [0.15, 0.2) is 11.5 Å². The average Bonchev–Trinajstić information content (AvgIpc) is 3.56. The van der Waals surface area contributed by atoms with Crippen LogP contribution in [-0.2, 0) is 5.54 Å². The molecule has 0 amide bonds. The molecule has 1 fully saturated rings. The van der Waals surface area contributed by atoms with Gasteiger partial charge in [-0.1, -0.05) is 103 Å². The van der Waals surface area contributed by atoms with E-state index in [1.807, 2.05) is 18.2 Å². The molecule has 1 unspecified atom stereocenters. The van der Waals surface area contributed by atoms with Gasteiger partial charge in [-0.05, 0) is 40.0 Å². The van der Waals surface area contributed by atoms with Crippen LogP contribution < -0.4 is 9.47 Å². The van der Waals surface area contributed by atoms with E-state index in [1.54, 1.807) is 0 Å². The summed E-state index contributed by atoms with van der Waals surface area (Å²) in [5.74, 6) is 1.51. The number of hydrogen-bond donors (Lipinski definition) is 1. The van der Waals surface area contributed by atoms with Gasteiger partial charge in [-0.15, -0.1) is 0 Å². The second-order valence-electron chi connectivity index (χ2n) is 8.89. The number of aliphatic hydroxyl groups excluding tert-OH is 1. The Morgan fingerprint density at radius 1 is 0.771 bits per heavy atom. The highest BCUT2D eigenvalue weighted by molar-refractivity contribution is 5.75. The van der Waals surface area contributed by atoms with Crippen molar-refractivity contribution in [1.29, 1.82) is 0 Å². The number of aliphatic hydroxyl groups is 1. The van der Waals surface area contributed by atoms with Crippen molar-refractivity contribution in [3.05, 3.63) is 138 Å². The van der Waals surface area contributed by atoms with Crippen molar-refractivity contribution in [2.75, 3.05) is 19.9 Å².